The summed E-state index contributed by atoms with van der Waals surface area (Å²) in [7, 11) is 1.48. The van der Waals surface area contributed by atoms with Crippen molar-refractivity contribution in [2.24, 2.45) is 11.8 Å². The van der Waals surface area contributed by atoms with Crippen LogP contribution in [0.2, 0.25) is 0 Å². The van der Waals surface area contributed by atoms with Crippen molar-refractivity contribution in [2.75, 3.05) is 7.11 Å². The first-order valence-electron chi connectivity index (χ1n) is 8.92. The summed E-state index contributed by atoms with van der Waals surface area (Å²) in [5, 5.41) is 9.87. The summed E-state index contributed by atoms with van der Waals surface area (Å²) in [6.07, 6.45) is 7.94. The number of methoxy groups -OCH3 is 1. The summed E-state index contributed by atoms with van der Waals surface area (Å²) in [4.78, 5) is 12.6. The molecule has 2 rings (SSSR count). The van der Waals surface area contributed by atoms with E-state index in [9.17, 15) is 9.90 Å². The van der Waals surface area contributed by atoms with E-state index < -0.39 is 0 Å². The van der Waals surface area contributed by atoms with Gasteiger partial charge in [0.05, 0.1) is 13.0 Å². The maximum Gasteiger partial charge on any atom is 0.313 e. The fraction of sp³-hybridized carbons (Fsp3) is 0.650. The number of rotatable bonds is 5. The molecule has 0 amide bonds. The Morgan fingerprint density at radius 1 is 1.22 bits per heavy atom. The third-order valence-corrected chi connectivity index (χ3v) is 4.92. The number of ether oxygens (including phenoxy) is 1. The molecular formula is C20H30O3. The minimum Gasteiger partial charge on any atom is -0.508 e. The Morgan fingerprint density at radius 3 is 2.43 bits per heavy atom. The molecule has 128 valence electrons. The molecule has 3 nitrogen and oxygen atoms in total. The molecule has 0 spiro atoms. The molecule has 23 heavy (non-hydrogen) atoms. The molecule has 0 aliphatic heterocycles. The average Bonchev–Trinajstić information content (AvgIpc) is 2.78. The van der Waals surface area contributed by atoms with E-state index in [0.717, 1.165) is 30.4 Å². The molecule has 0 saturated heterocycles. The topological polar surface area (TPSA) is 46.5 Å². The molecule has 3 heteroatoms. The predicted molar refractivity (Wildman–Crippen MR) is 92.6 cm³/mol. The van der Waals surface area contributed by atoms with Gasteiger partial charge in [-0.15, -0.1) is 0 Å². The van der Waals surface area contributed by atoms with E-state index in [1.54, 1.807) is 6.07 Å². The Bertz CT molecular complexity index is 514. The van der Waals surface area contributed by atoms with Crippen molar-refractivity contribution < 1.29 is 14.6 Å². The molecule has 1 unspecified atom stereocenters. The lowest BCUT2D eigenvalue weighted by atomic mass is 9.78. The van der Waals surface area contributed by atoms with E-state index in [1.807, 2.05) is 12.1 Å². The van der Waals surface area contributed by atoms with Gasteiger partial charge in [-0.3, -0.25) is 4.79 Å². The van der Waals surface area contributed by atoms with Crippen molar-refractivity contribution in [1.29, 1.82) is 0 Å². The normalized spacial score (nSPS) is 17.7. The first-order chi connectivity index (χ1) is 11.0. The Balaban J connectivity index is 2.40. The zero-order valence-electron chi connectivity index (χ0n) is 14.7. The van der Waals surface area contributed by atoms with Gasteiger partial charge in [0.1, 0.15) is 5.75 Å². The van der Waals surface area contributed by atoms with Crippen LogP contribution in [0, 0.1) is 11.8 Å². The molecule has 1 aliphatic rings. The number of phenolic OH excluding ortho intramolecular Hbond substituents is 1. The Morgan fingerprint density at radius 2 is 1.87 bits per heavy atom. The van der Waals surface area contributed by atoms with E-state index >= 15 is 0 Å². The van der Waals surface area contributed by atoms with Gasteiger partial charge in [-0.1, -0.05) is 45.6 Å². The van der Waals surface area contributed by atoms with Gasteiger partial charge in [-0.05, 0) is 54.4 Å². The van der Waals surface area contributed by atoms with E-state index in [0.29, 0.717) is 11.8 Å². The molecule has 0 aromatic heterocycles. The third kappa shape index (κ3) is 4.73. The molecule has 1 fully saturated rings. The lowest BCUT2D eigenvalue weighted by Crippen LogP contribution is -2.24. The number of benzene rings is 1. The van der Waals surface area contributed by atoms with Crippen molar-refractivity contribution in [3.05, 3.63) is 29.3 Å². The van der Waals surface area contributed by atoms with Crippen LogP contribution in [0.3, 0.4) is 0 Å². The number of hydrogen-bond donors (Lipinski definition) is 1. The highest BCUT2D eigenvalue weighted by Gasteiger charge is 2.32. The quantitative estimate of drug-likeness (QED) is 0.625. The fourth-order valence-electron chi connectivity index (χ4n) is 3.86. The van der Waals surface area contributed by atoms with E-state index in [-0.39, 0.29) is 17.6 Å². The van der Waals surface area contributed by atoms with Crippen molar-refractivity contribution in [2.45, 2.75) is 64.7 Å². The summed E-state index contributed by atoms with van der Waals surface area (Å²) in [6, 6.07) is 5.45. The highest BCUT2D eigenvalue weighted by atomic mass is 16.5. The number of phenols is 1. The van der Waals surface area contributed by atoms with Crippen molar-refractivity contribution in [1.82, 2.24) is 0 Å². The molecule has 1 aromatic carbocycles. The Labute approximate surface area is 140 Å². The number of esters is 1. The first-order valence-corrected chi connectivity index (χ1v) is 8.92. The van der Waals surface area contributed by atoms with Crippen molar-refractivity contribution in [3.8, 4) is 5.75 Å². The highest BCUT2D eigenvalue weighted by molar-refractivity contribution is 5.79. The molecule has 0 heterocycles. The molecule has 1 atom stereocenters. The van der Waals surface area contributed by atoms with Gasteiger partial charge in [-0.2, -0.15) is 0 Å². The molecule has 1 saturated carbocycles. The standard InChI is InChI=1S/C20H30O3/c1-14(2)12-16-13-17(21)10-11-18(16)19(20(22)23-3)15-8-6-4-5-7-9-15/h10-11,13-15,19,21H,4-9,12H2,1-3H3. The van der Waals surface area contributed by atoms with E-state index in [1.165, 1.54) is 32.8 Å². The second-order valence-corrected chi connectivity index (χ2v) is 7.23. The predicted octanol–water partition coefficient (Wildman–Crippen LogP) is 4.82. The smallest absolute Gasteiger partial charge is 0.313 e. The van der Waals surface area contributed by atoms with E-state index in [2.05, 4.69) is 13.8 Å². The Kier molecular flexibility index (Phi) is 6.49. The molecule has 1 aliphatic carbocycles. The summed E-state index contributed by atoms with van der Waals surface area (Å²) in [6.45, 7) is 4.32. The first kappa shape index (κ1) is 17.8. The van der Waals surface area contributed by atoms with Gasteiger partial charge in [-0.25, -0.2) is 0 Å². The summed E-state index contributed by atoms with van der Waals surface area (Å²) in [5.41, 5.74) is 2.13. The van der Waals surface area contributed by atoms with Crippen LogP contribution < -0.4 is 0 Å². The molecule has 0 bridgehead atoms. The maximum absolute atomic E-state index is 12.6. The minimum absolute atomic E-state index is 0.132. The van der Waals surface area contributed by atoms with Gasteiger partial charge >= 0.3 is 5.97 Å². The molecule has 1 N–H and O–H groups in total. The number of aromatic hydroxyl groups is 1. The van der Waals surface area contributed by atoms with Crippen LogP contribution in [-0.4, -0.2) is 18.2 Å². The van der Waals surface area contributed by atoms with Gasteiger partial charge in [0, 0.05) is 0 Å². The van der Waals surface area contributed by atoms with Crippen molar-refractivity contribution in [3.63, 3.8) is 0 Å². The van der Waals surface area contributed by atoms with Gasteiger partial charge < -0.3 is 9.84 Å². The second kappa shape index (κ2) is 8.37. The number of carbonyl (C=O) groups excluding carboxylic acids is 1. The van der Waals surface area contributed by atoms with Gasteiger partial charge in [0.2, 0.25) is 0 Å². The Hall–Kier alpha value is -1.51. The fourth-order valence-corrected chi connectivity index (χ4v) is 3.86. The van der Waals surface area contributed by atoms with Crippen LogP contribution in [0.25, 0.3) is 0 Å². The van der Waals surface area contributed by atoms with Crippen LogP contribution in [0.1, 0.15) is 69.4 Å². The zero-order chi connectivity index (χ0) is 16.8. The van der Waals surface area contributed by atoms with Crippen molar-refractivity contribution >= 4 is 5.97 Å². The van der Waals surface area contributed by atoms with Crippen LogP contribution in [-0.2, 0) is 16.0 Å². The molecule has 0 radical (unpaired) electrons. The van der Waals surface area contributed by atoms with Crippen LogP contribution in [0.15, 0.2) is 18.2 Å². The SMILES string of the molecule is COC(=O)C(c1ccc(O)cc1CC(C)C)C1CCCCCC1. The summed E-state index contributed by atoms with van der Waals surface area (Å²) < 4.78 is 5.15. The molecular weight excluding hydrogens is 288 g/mol. The minimum atomic E-state index is -0.201. The lowest BCUT2D eigenvalue weighted by Gasteiger charge is -2.27. The third-order valence-electron chi connectivity index (χ3n) is 4.92. The molecule has 1 aromatic rings. The maximum atomic E-state index is 12.6. The van der Waals surface area contributed by atoms with Gasteiger partial charge in [0.15, 0.2) is 0 Å². The monoisotopic (exact) mass is 318 g/mol. The summed E-state index contributed by atoms with van der Waals surface area (Å²) >= 11 is 0. The summed E-state index contributed by atoms with van der Waals surface area (Å²) in [5.74, 6) is 0.761. The number of carbonyl (C=O) groups is 1. The lowest BCUT2D eigenvalue weighted by molar-refractivity contribution is -0.144. The van der Waals surface area contributed by atoms with Gasteiger partial charge in [0.25, 0.3) is 0 Å². The largest absolute Gasteiger partial charge is 0.508 e. The average molecular weight is 318 g/mol. The number of hydrogen-bond acceptors (Lipinski definition) is 3. The second-order valence-electron chi connectivity index (χ2n) is 7.23. The highest BCUT2D eigenvalue weighted by Crippen LogP contribution is 2.38. The zero-order valence-corrected chi connectivity index (χ0v) is 14.7. The van der Waals surface area contributed by atoms with E-state index in [4.69, 9.17) is 4.74 Å². The van der Waals surface area contributed by atoms with Crippen LogP contribution >= 0.6 is 0 Å². The van der Waals surface area contributed by atoms with Crippen LogP contribution in [0.4, 0.5) is 0 Å². The van der Waals surface area contributed by atoms with Crippen LogP contribution in [0.5, 0.6) is 5.75 Å².